The number of sulfone groups is 1. The van der Waals surface area contributed by atoms with Crippen LogP contribution in [0.5, 0.6) is 0 Å². The quantitative estimate of drug-likeness (QED) is 0.880. The van der Waals surface area contributed by atoms with Crippen molar-refractivity contribution in [3.63, 3.8) is 0 Å². The average Bonchev–Trinajstić information content (AvgIpc) is 2.42. The molecule has 1 heterocycles. The standard InChI is InChI=1S/C14H19FN2O3S/c1-10-3-4-11(15)9-12(10)17-13(18)14(21(2,19)20)5-7-16-8-6-14/h3-4,9,16H,5-8H2,1-2H3,(H,17,18). The predicted octanol–water partition coefficient (Wildman–Crippen LogP) is 1.24. The zero-order valence-electron chi connectivity index (χ0n) is 12.1. The third-order valence-electron chi connectivity index (χ3n) is 3.98. The van der Waals surface area contributed by atoms with Gasteiger partial charge in [0.25, 0.3) is 0 Å². The number of rotatable bonds is 3. The van der Waals surface area contributed by atoms with Crippen molar-refractivity contribution in [1.82, 2.24) is 5.32 Å². The molecule has 1 fully saturated rings. The molecular formula is C14H19FN2O3S. The van der Waals surface area contributed by atoms with Crippen LogP contribution in [0.3, 0.4) is 0 Å². The first-order valence-electron chi connectivity index (χ1n) is 6.74. The zero-order chi connectivity index (χ0) is 15.7. The summed E-state index contributed by atoms with van der Waals surface area (Å²) in [5.41, 5.74) is 0.990. The number of amides is 1. The second kappa shape index (κ2) is 5.73. The molecule has 1 amide bonds. The fourth-order valence-electron chi connectivity index (χ4n) is 2.56. The molecule has 0 radical (unpaired) electrons. The Hall–Kier alpha value is -1.47. The smallest absolute Gasteiger partial charge is 0.245 e. The summed E-state index contributed by atoms with van der Waals surface area (Å²) in [7, 11) is -3.58. The highest BCUT2D eigenvalue weighted by molar-refractivity contribution is 7.92. The Balaban J connectivity index is 2.34. The SMILES string of the molecule is Cc1ccc(F)cc1NC(=O)C1(S(C)(=O)=O)CCNCC1. The van der Waals surface area contributed by atoms with Crippen molar-refractivity contribution in [2.45, 2.75) is 24.5 Å². The Morgan fingerprint density at radius 3 is 2.52 bits per heavy atom. The number of halogens is 1. The molecule has 116 valence electrons. The van der Waals surface area contributed by atoms with Crippen LogP contribution in [0.25, 0.3) is 0 Å². The van der Waals surface area contributed by atoms with Gasteiger partial charge in [-0.15, -0.1) is 0 Å². The van der Waals surface area contributed by atoms with E-state index in [1.165, 1.54) is 12.1 Å². The van der Waals surface area contributed by atoms with E-state index in [2.05, 4.69) is 10.6 Å². The fourth-order valence-corrected chi connectivity index (χ4v) is 3.90. The number of anilines is 1. The molecule has 0 unspecified atom stereocenters. The Labute approximate surface area is 123 Å². The lowest BCUT2D eigenvalue weighted by Crippen LogP contribution is -2.55. The van der Waals surface area contributed by atoms with E-state index < -0.39 is 26.3 Å². The molecule has 1 aromatic rings. The second-order valence-corrected chi connectivity index (χ2v) is 7.76. The van der Waals surface area contributed by atoms with E-state index in [0.29, 0.717) is 24.3 Å². The summed E-state index contributed by atoms with van der Waals surface area (Å²) in [4.78, 5) is 12.6. The van der Waals surface area contributed by atoms with Crippen molar-refractivity contribution in [2.75, 3.05) is 24.7 Å². The minimum atomic E-state index is -3.58. The maximum Gasteiger partial charge on any atom is 0.245 e. The van der Waals surface area contributed by atoms with E-state index in [1.54, 1.807) is 13.0 Å². The monoisotopic (exact) mass is 314 g/mol. The lowest BCUT2D eigenvalue weighted by molar-refractivity contribution is -0.119. The first kappa shape index (κ1) is 15.9. The third kappa shape index (κ3) is 3.08. The summed E-state index contributed by atoms with van der Waals surface area (Å²) in [6, 6.07) is 4.03. The van der Waals surface area contributed by atoms with Gasteiger partial charge in [-0.2, -0.15) is 0 Å². The normalized spacial score (nSPS) is 18.2. The van der Waals surface area contributed by atoms with Gasteiger partial charge in [0.05, 0.1) is 0 Å². The van der Waals surface area contributed by atoms with Crippen LogP contribution in [-0.2, 0) is 14.6 Å². The van der Waals surface area contributed by atoms with Crippen molar-refractivity contribution in [1.29, 1.82) is 0 Å². The maximum absolute atomic E-state index is 13.3. The highest BCUT2D eigenvalue weighted by atomic mass is 32.2. The summed E-state index contributed by atoms with van der Waals surface area (Å²) in [5.74, 6) is -1.06. The van der Waals surface area contributed by atoms with Gasteiger partial charge in [-0.05, 0) is 50.6 Å². The lowest BCUT2D eigenvalue weighted by atomic mass is 9.95. The Morgan fingerprint density at radius 2 is 1.95 bits per heavy atom. The van der Waals surface area contributed by atoms with Gasteiger partial charge in [0, 0.05) is 11.9 Å². The van der Waals surface area contributed by atoms with Crippen molar-refractivity contribution < 1.29 is 17.6 Å². The molecule has 0 atom stereocenters. The van der Waals surface area contributed by atoms with Gasteiger partial charge in [0.15, 0.2) is 14.6 Å². The van der Waals surface area contributed by atoms with Crippen LogP contribution < -0.4 is 10.6 Å². The van der Waals surface area contributed by atoms with Gasteiger partial charge in [0.1, 0.15) is 5.82 Å². The largest absolute Gasteiger partial charge is 0.324 e. The van der Waals surface area contributed by atoms with Crippen LogP contribution in [-0.4, -0.2) is 38.4 Å². The Kier molecular flexibility index (Phi) is 4.34. The first-order valence-corrected chi connectivity index (χ1v) is 8.63. The van der Waals surface area contributed by atoms with Gasteiger partial charge in [0.2, 0.25) is 5.91 Å². The average molecular weight is 314 g/mol. The minimum absolute atomic E-state index is 0.214. The number of nitrogens with one attached hydrogen (secondary N) is 2. The topological polar surface area (TPSA) is 75.3 Å². The molecule has 21 heavy (non-hydrogen) atoms. The molecule has 1 saturated heterocycles. The van der Waals surface area contributed by atoms with E-state index in [-0.39, 0.29) is 12.8 Å². The molecule has 1 aliphatic rings. The third-order valence-corrected chi connectivity index (χ3v) is 6.00. The van der Waals surface area contributed by atoms with E-state index in [9.17, 15) is 17.6 Å². The fraction of sp³-hybridized carbons (Fsp3) is 0.500. The van der Waals surface area contributed by atoms with Crippen LogP contribution in [0.4, 0.5) is 10.1 Å². The number of hydrogen-bond acceptors (Lipinski definition) is 4. The Bertz CT molecular complexity index is 652. The molecule has 2 N–H and O–H groups in total. The van der Waals surface area contributed by atoms with Gasteiger partial charge in [-0.3, -0.25) is 4.79 Å². The number of carbonyl (C=O) groups is 1. The zero-order valence-corrected chi connectivity index (χ0v) is 12.9. The highest BCUT2D eigenvalue weighted by Gasteiger charge is 2.48. The van der Waals surface area contributed by atoms with Crippen LogP contribution in [0.2, 0.25) is 0 Å². The number of benzene rings is 1. The van der Waals surface area contributed by atoms with Crippen LogP contribution >= 0.6 is 0 Å². The minimum Gasteiger partial charge on any atom is -0.324 e. The number of piperidine rings is 1. The van der Waals surface area contributed by atoms with Crippen LogP contribution in [0.15, 0.2) is 18.2 Å². The van der Waals surface area contributed by atoms with Crippen molar-refractivity contribution in [3.05, 3.63) is 29.6 Å². The molecule has 5 nitrogen and oxygen atoms in total. The van der Waals surface area contributed by atoms with E-state index >= 15 is 0 Å². The van der Waals surface area contributed by atoms with Crippen molar-refractivity contribution in [2.24, 2.45) is 0 Å². The number of aryl methyl sites for hydroxylation is 1. The summed E-state index contributed by atoms with van der Waals surface area (Å²) < 4.78 is 36.1. The molecule has 1 aliphatic heterocycles. The van der Waals surface area contributed by atoms with E-state index in [1.807, 2.05) is 0 Å². The first-order chi connectivity index (χ1) is 9.76. The molecule has 7 heteroatoms. The summed E-state index contributed by atoms with van der Waals surface area (Å²) in [6.07, 6.45) is 1.51. The predicted molar refractivity (Wildman–Crippen MR) is 79.4 cm³/mol. The lowest BCUT2D eigenvalue weighted by Gasteiger charge is -2.34. The molecule has 0 spiro atoms. The molecule has 1 aromatic carbocycles. The van der Waals surface area contributed by atoms with Gasteiger partial charge in [-0.25, -0.2) is 12.8 Å². The van der Waals surface area contributed by atoms with Gasteiger partial charge >= 0.3 is 0 Å². The Morgan fingerprint density at radius 1 is 1.33 bits per heavy atom. The van der Waals surface area contributed by atoms with E-state index in [4.69, 9.17) is 0 Å². The summed E-state index contributed by atoms with van der Waals surface area (Å²) >= 11 is 0. The van der Waals surface area contributed by atoms with Gasteiger partial charge in [-0.1, -0.05) is 6.07 Å². The molecular weight excluding hydrogens is 295 g/mol. The van der Waals surface area contributed by atoms with Crippen LogP contribution in [0, 0.1) is 12.7 Å². The van der Waals surface area contributed by atoms with Crippen LogP contribution in [0.1, 0.15) is 18.4 Å². The maximum atomic E-state index is 13.3. The van der Waals surface area contributed by atoms with Crippen molar-refractivity contribution in [3.8, 4) is 0 Å². The highest BCUT2D eigenvalue weighted by Crippen LogP contribution is 2.30. The summed E-state index contributed by atoms with van der Waals surface area (Å²) in [6.45, 7) is 2.65. The van der Waals surface area contributed by atoms with Crippen molar-refractivity contribution >= 4 is 21.4 Å². The molecule has 0 aliphatic carbocycles. The molecule has 0 bridgehead atoms. The number of hydrogen-bond donors (Lipinski definition) is 2. The molecule has 2 rings (SSSR count). The number of carbonyl (C=O) groups excluding carboxylic acids is 1. The van der Waals surface area contributed by atoms with Gasteiger partial charge < -0.3 is 10.6 Å². The second-order valence-electron chi connectivity index (χ2n) is 5.43. The van der Waals surface area contributed by atoms with E-state index in [0.717, 1.165) is 6.26 Å². The molecule has 0 saturated carbocycles. The molecule has 0 aromatic heterocycles. The summed E-state index contributed by atoms with van der Waals surface area (Å²) in [5, 5.41) is 5.63.